The SMILES string of the molecule is CN(C(=O)c1ncn(-c2ccc(OC(F)F)cc2)n1)c1cccc(Cl)c1. The minimum atomic E-state index is -2.89. The molecule has 6 nitrogen and oxygen atoms in total. The molecule has 1 heterocycles. The molecule has 134 valence electrons. The van der Waals surface area contributed by atoms with E-state index in [0.29, 0.717) is 16.4 Å². The highest BCUT2D eigenvalue weighted by Crippen LogP contribution is 2.20. The van der Waals surface area contributed by atoms with Gasteiger partial charge in [-0.1, -0.05) is 17.7 Å². The Bertz CT molecular complexity index is 915. The second-order valence-electron chi connectivity index (χ2n) is 5.23. The van der Waals surface area contributed by atoms with Crippen LogP contribution in [0.2, 0.25) is 5.02 Å². The highest BCUT2D eigenvalue weighted by Gasteiger charge is 2.18. The predicted octanol–water partition coefficient (Wildman–Crippen LogP) is 3.80. The van der Waals surface area contributed by atoms with Gasteiger partial charge in [-0.15, -0.1) is 5.10 Å². The highest BCUT2D eigenvalue weighted by atomic mass is 35.5. The molecule has 0 aliphatic heterocycles. The number of anilines is 1. The van der Waals surface area contributed by atoms with Crippen molar-refractivity contribution < 1.29 is 18.3 Å². The maximum absolute atomic E-state index is 12.5. The van der Waals surface area contributed by atoms with Crippen LogP contribution in [0.25, 0.3) is 5.69 Å². The van der Waals surface area contributed by atoms with Crippen molar-refractivity contribution in [2.75, 3.05) is 11.9 Å². The summed E-state index contributed by atoms with van der Waals surface area (Å²) in [4.78, 5) is 17.9. The molecule has 0 atom stereocenters. The van der Waals surface area contributed by atoms with E-state index in [2.05, 4.69) is 14.8 Å². The summed E-state index contributed by atoms with van der Waals surface area (Å²) >= 11 is 5.94. The summed E-state index contributed by atoms with van der Waals surface area (Å²) in [5, 5.41) is 4.64. The van der Waals surface area contributed by atoms with Crippen LogP contribution in [0.4, 0.5) is 14.5 Å². The molecule has 9 heteroatoms. The molecular formula is C17H13ClF2N4O2. The molecule has 2 aromatic carbocycles. The van der Waals surface area contributed by atoms with Gasteiger partial charge in [0.25, 0.3) is 5.91 Å². The molecule has 0 saturated carbocycles. The van der Waals surface area contributed by atoms with Gasteiger partial charge in [-0.3, -0.25) is 4.79 Å². The van der Waals surface area contributed by atoms with E-state index < -0.39 is 12.5 Å². The molecule has 0 fully saturated rings. The number of benzene rings is 2. The number of aromatic nitrogens is 3. The van der Waals surface area contributed by atoms with Crippen LogP contribution in [0.5, 0.6) is 5.75 Å². The summed E-state index contributed by atoms with van der Waals surface area (Å²) in [6, 6.07) is 12.6. The zero-order valence-corrected chi connectivity index (χ0v) is 14.3. The quantitative estimate of drug-likeness (QED) is 0.677. The normalized spacial score (nSPS) is 10.8. The van der Waals surface area contributed by atoms with E-state index in [1.807, 2.05) is 0 Å². The van der Waals surface area contributed by atoms with E-state index in [1.165, 1.54) is 40.2 Å². The van der Waals surface area contributed by atoms with Crippen LogP contribution in [0.15, 0.2) is 54.9 Å². The molecule has 0 saturated heterocycles. The molecule has 3 aromatic rings. The van der Waals surface area contributed by atoms with Gasteiger partial charge in [0.1, 0.15) is 12.1 Å². The van der Waals surface area contributed by atoms with E-state index in [4.69, 9.17) is 11.6 Å². The predicted molar refractivity (Wildman–Crippen MR) is 92.2 cm³/mol. The van der Waals surface area contributed by atoms with E-state index in [1.54, 1.807) is 31.3 Å². The average Bonchev–Trinajstić information content (AvgIpc) is 3.10. The topological polar surface area (TPSA) is 60.2 Å². The lowest BCUT2D eigenvalue weighted by atomic mass is 10.3. The van der Waals surface area contributed by atoms with Crippen molar-refractivity contribution in [2.24, 2.45) is 0 Å². The summed E-state index contributed by atoms with van der Waals surface area (Å²) in [5.41, 5.74) is 1.15. The summed E-state index contributed by atoms with van der Waals surface area (Å²) in [5.74, 6) is -0.398. The van der Waals surface area contributed by atoms with E-state index in [0.717, 1.165) is 0 Å². The molecule has 0 bridgehead atoms. The first-order valence-corrected chi connectivity index (χ1v) is 7.82. The fourth-order valence-electron chi connectivity index (χ4n) is 2.22. The Morgan fingerprint density at radius 3 is 2.62 bits per heavy atom. The fourth-order valence-corrected chi connectivity index (χ4v) is 2.40. The maximum Gasteiger partial charge on any atom is 0.387 e. The number of halogens is 3. The molecular weight excluding hydrogens is 366 g/mol. The molecule has 0 unspecified atom stereocenters. The first-order chi connectivity index (χ1) is 12.4. The number of carbonyl (C=O) groups is 1. The molecule has 26 heavy (non-hydrogen) atoms. The van der Waals surface area contributed by atoms with Gasteiger partial charge in [-0.2, -0.15) is 8.78 Å². The Balaban J connectivity index is 1.77. The van der Waals surface area contributed by atoms with E-state index in [-0.39, 0.29) is 11.6 Å². The van der Waals surface area contributed by atoms with Crippen molar-refractivity contribution in [1.29, 1.82) is 0 Å². The lowest BCUT2D eigenvalue weighted by Gasteiger charge is -2.15. The first kappa shape index (κ1) is 17.8. The number of ether oxygens (including phenoxy) is 1. The zero-order chi connectivity index (χ0) is 18.7. The van der Waals surface area contributed by atoms with E-state index in [9.17, 15) is 13.6 Å². The number of hydrogen-bond donors (Lipinski definition) is 0. The van der Waals surface area contributed by atoms with Crippen LogP contribution < -0.4 is 9.64 Å². The van der Waals surface area contributed by atoms with E-state index >= 15 is 0 Å². The Labute approximate surface area is 152 Å². The van der Waals surface area contributed by atoms with Crippen molar-refractivity contribution in [3.8, 4) is 11.4 Å². The molecule has 0 radical (unpaired) electrons. The number of carbonyl (C=O) groups excluding carboxylic acids is 1. The van der Waals surface area contributed by atoms with Crippen molar-refractivity contribution in [1.82, 2.24) is 14.8 Å². The van der Waals surface area contributed by atoms with Gasteiger partial charge in [0.2, 0.25) is 5.82 Å². The van der Waals surface area contributed by atoms with Gasteiger partial charge in [-0.25, -0.2) is 9.67 Å². The number of alkyl halides is 2. The van der Waals surface area contributed by atoms with Crippen LogP contribution >= 0.6 is 11.6 Å². The van der Waals surface area contributed by atoms with Crippen molar-refractivity contribution in [3.63, 3.8) is 0 Å². The van der Waals surface area contributed by atoms with Crippen LogP contribution in [-0.2, 0) is 0 Å². The molecule has 0 aliphatic carbocycles. The second-order valence-corrected chi connectivity index (χ2v) is 5.67. The summed E-state index contributed by atoms with van der Waals surface area (Å²) in [6.45, 7) is -2.89. The zero-order valence-electron chi connectivity index (χ0n) is 13.5. The third kappa shape index (κ3) is 3.97. The first-order valence-electron chi connectivity index (χ1n) is 7.44. The minimum absolute atomic E-state index is 0.0135. The van der Waals surface area contributed by atoms with Crippen LogP contribution in [-0.4, -0.2) is 34.3 Å². The third-order valence-corrected chi connectivity index (χ3v) is 3.74. The average molecular weight is 379 g/mol. The van der Waals surface area contributed by atoms with Crippen molar-refractivity contribution >= 4 is 23.2 Å². The Morgan fingerprint density at radius 1 is 1.23 bits per heavy atom. The van der Waals surface area contributed by atoms with Gasteiger partial charge < -0.3 is 9.64 Å². The molecule has 0 spiro atoms. The molecule has 0 aliphatic rings. The number of hydrogen-bond acceptors (Lipinski definition) is 4. The molecule has 1 aromatic heterocycles. The van der Waals surface area contributed by atoms with Gasteiger partial charge in [-0.05, 0) is 42.5 Å². The third-order valence-electron chi connectivity index (χ3n) is 3.51. The summed E-state index contributed by atoms with van der Waals surface area (Å²) in [7, 11) is 1.59. The van der Waals surface area contributed by atoms with Crippen LogP contribution in [0.1, 0.15) is 10.6 Å². The Kier molecular flexibility index (Phi) is 5.13. The number of rotatable bonds is 5. The Hall–Kier alpha value is -3.00. The minimum Gasteiger partial charge on any atom is -0.435 e. The van der Waals surface area contributed by atoms with Crippen LogP contribution in [0.3, 0.4) is 0 Å². The standard InChI is InChI=1S/C17H13ClF2N4O2/c1-23(13-4-2-3-11(18)9-13)16(25)15-21-10-24(22-15)12-5-7-14(8-6-12)26-17(19)20/h2-10,17H,1H3. The van der Waals surface area contributed by atoms with Gasteiger partial charge in [0.15, 0.2) is 0 Å². The van der Waals surface area contributed by atoms with Crippen molar-refractivity contribution in [3.05, 3.63) is 65.7 Å². The van der Waals surface area contributed by atoms with Crippen LogP contribution in [0, 0.1) is 0 Å². The lowest BCUT2D eigenvalue weighted by Crippen LogP contribution is -2.27. The summed E-state index contributed by atoms with van der Waals surface area (Å²) < 4.78 is 30.0. The van der Waals surface area contributed by atoms with Gasteiger partial charge >= 0.3 is 6.61 Å². The molecule has 1 amide bonds. The monoisotopic (exact) mass is 378 g/mol. The fraction of sp³-hybridized carbons (Fsp3) is 0.118. The lowest BCUT2D eigenvalue weighted by molar-refractivity contribution is -0.0498. The highest BCUT2D eigenvalue weighted by molar-refractivity contribution is 6.31. The van der Waals surface area contributed by atoms with Crippen molar-refractivity contribution in [2.45, 2.75) is 6.61 Å². The molecule has 3 rings (SSSR count). The summed E-state index contributed by atoms with van der Waals surface area (Å²) in [6.07, 6.45) is 1.36. The number of nitrogens with zero attached hydrogens (tertiary/aromatic N) is 4. The van der Waals surface area contributed by atoms with Gasteiger partial charge in [0.05, 0.1) is 5.69 Å². The smallest absolute Gasteiger partial charge is 0.387 e. The second kappa shape index (κ2) is 7.49. The number of amides is 1. The maximum atomic E-state index is 12.5. The largest absolute Gasteiger partial charge is 0.435 e. The molecule has 0 N–H and O–H groups in total. The Morgan fingerprint density at radius 2 is 1.96 bits per heavy atom. The van der Waals surface area contributed by atoms with Gasteiger partial charge in [0, 0.05) is 17.8 Å².